The van der Waals surface area contributed by atoms with Crippen LogP contribution in [0.25, 0.3) is 6.08 Å². The standard InChI is InChI=1S/C20H22N2O4/c1-4-26-17-11-5-14(13-18(17)25-3)6-12-19(23)22-16-9-7-15(8-10-16)20(24)21-2/h5-13H,4H2,1-3H3,(H,21,24)(H,22,23)/b12-6+. The van der Waals surface area contributed by atoms with Gasteiger partial charge in [-0.25, -0.2) is 0 Å². The Hall–Kier alpha value is -3.28. The van der Waals surface area contributed by atoms with E-state index in [2.05, 4.69) is 10.6 Å². The molecule has 2 aromatic carbocycles. The summed E-state index contributed by atoms with van der Waals surface area (Å²) in [4.78, 5) is 23.5. The van der Waals surface area contributed by atoms with Gasteiger partial charge in [-0.1, -0.05) is 6.07 Å². The lowest BCUT2D eigenvalue weighted by Crippen LogP contribution is -2.17. The van der Waals surface area contributed by atoms with Crippen LogP contribution in [0.5, 0.6) is 11.5 Å². The number of carbonyl (C=O) groups is 2. The van der Waals surface area contributed by atoms with E-state index in [9.17, 15) is 9.59 Å². The Labute approximate surface area is 152 Å². The van der Waals surface area contributed by atoms with E-state index >= 15 is 0 Å². The van der Waals surface area contributed by atoms with E-state index in [0.29, 0.717) is 29.4 Å². The molecule has 0 saturated heterocycles. The average Bonchev–Trinajstić information content (AvgIpc) is 2.67. The lowest BCUT2D eigenvalue weighted by atomic mass is 10.1. The van der Waals surface area contributed by atoms with E-state index in [1.165, 1.54) is 6.08 Å². The van der Waals surface area contributed by atoms with Gasteiger partial charge in [0.1, 0.15) is 0 Å². The Morgan fingerprint density at radius 2 is 1.81 bits per heavy atom. The smallest absolute Gasteiger partial charge is 0.251 e. The summed E-state index contributed by atoms with van der Waals surface area (Å²) in [5, 5.41) is 5.29. The third-order valence-electron chi connectivity index (χ3n) is 3.56. The number of hydrogen-bond donors (Lipinski definition) is 2. The highest BCUT2D eigenvalue weighted by atomic mass is 16.5. The number of ether oxygens (including phenoxy) is 2. The molecule has 0 atom stereocenters. The molecule has 136 valence electrons. The van der Waals surface area contributed by atoms with Crippen LogP contribution < -0.4 is 20.1 Å². The van der Waals surface area contributed by atoms with Crippen LogP contribution in [-0.4, -0.2) is 32.6 Å². The first-order valence-electron chi connectivity index (χ1n) is 8.19. The van der Waals surface area contributed by atoms with Gasteiger partial charge in [0.25, 0.3) is 5.91 Å². The second-order valence-electron chi connectivity index (χ2n) is 5.32. The van der Waals surface area contributed by atoms with E-state index in [-0.39, 0.29) is 11.8 Å². The van der Waals surface area contributed by atoms with Gasteiger partial charge in [0.2, 0.25) is 5.91 Å². The number of anilines is 1. The molecule has 0 aliphatic heterocycles. The van der Waals surface area contributed by atoms with Gasteiger partial charge in [-0.2, -0.15) is 0 Å². The van der Waals surface area contributed by atoms with Crippen LogP contribution in [0.2, 0.25) is 0 Å². The molecule has 26 heavy (non-hydrogen) atoms. The summed E-state index contributed by atoms with van der Waals surface area (Å²) in [6.45, 7) is 2.45. The van der Waals surface area contributed by atoms with E-state index in [1.807, 2.05) is 13.0 Å². The number of benzene rings is 2. The Morgan fingerprint density at radius 1 is 1.08 bits per heavy atom. The first-order chi connectivity index (χ1) is 12.6. The predicted molar refractivity (Wildman–Crippen MR) is 102 cm³/mol. The number of amides is 2. The minimum Gasteiger partial charge on any atom is -0.493 e. The number of carbonyl (C=O) groups excluding carboxylic acids is 2. The highest BCUT2D eigenvalue weighted by Crippen LogP contribution is 2.28. The topological polar surface area (TPSA) is 76.7 Å². The first-order valence-corrected chi connectivity index (χ1v) is 8.19. The van der Waals surface area contributed by atoms with E-state index < -0.39 is 0 Å². The Kier molecular flexibility index (Phi) is 6.79. The van der Waals surface area contributed by atoms with Crippen molar-refractivity contribution < 1.29 is 19.1 Å². The average molecular weight is 354 g/mol. The van der Waals surface area contributed by atoms with E-state index in [4.69, 9.17) is 9.47 Å². The van der Waals surface area contributed by atoms with Crippen molar-refractivity contribution in [2.45, 2.75) is 6.92 Å². The Morgan fingerprint density at radius 3 is 2.42 bits per heavy atom. The minimum absolute atomic E-state index is 0.174. The van der Waals surface area contributed by atoms with Crippen molar-refractivity contribution in [1.82, 2.24) is 5.32 Å². The summed E-state index contributed by atoms with van der Waals surface area (Å²) >= 11 is 0. The predicted octanol–water partition coefficient (Wildman–Crippen LogP) is 3.11. The molecular weight excluding hydrogens is 332 g/mol. The van der Waals surface area contributed by atoms with E-state index in [0.717, 1.165) is 5.56 Å². The molecular formula is C20H22N2O4. The van der Waals surface area contributed by atoms with Crippen molar-refractivity contribution in [2.24, 2.45) is 0 Å². The molecule has 0 aliphatic rings. The minimum atomic E-state index is -0.273. The summed E-state index contributed by atoms with van der Waals surface area (Å²) in [6, 6.07) is 12.1. The zero-order valence-electron chi connectivity index (χ0n) is 15.0. The summed E-state index contributed by atoms with van der Waals surface area (Å²) in [6.07, 6.45) is 3.12. The van der Waals surface area contributed by atoms with Gasteiger partial charge in [-0.05, 0) is 55.0 Å². The van der Waals surface area contributed by atoms with Crippen molar-refractivity contribution in [3.63, 3.8) is 0 Å². The molecule has 0 aliphatic carbocycles. The second kappa shape index (κ2) is 9.27. The van der Waals surface area contributed by atoms with Gasteiger partial charge in [0.05, 0.1) is 13.7 Å². The van der Waals surface area contributed by atoms with Crippen molar-refractivity contribution in [3.8, 4) is 11.5 Å². The summed E-state index contributed by atoms with van der Waals surface area (Å²) < 4.78 is 10.8. The van der Waals surface area contributed by atoms with Crippen molar-refractivity contribution in [2.75, 3.05) is 26.1 Å². The van der Waals surface area contributed by atoms with Crippen LogP contribution in [0.3, 0.4) is 0 Å². The maximum atomic E-state index is 12.1. The molecule has 0 heterocycles. The zero-order chi connectivity index (χ0) is 18.9. The molecule has 2 aromatic rings. The van der Waals surface area contributed by atoms with Crippen LogP contribution >= 0.6 is 0 Å². The summed E-state index contributed by atoms with van der Waals surface area (Å²) in [5.41, 5.74) is 1.95. The molecule has 6 nitrogen and oxygen atoms in total. The van der Waals surface area contributed by atoms with Gasteiger partial charge in [-0.3, -0.25) is 9.59 Å². The van der Waals surface area contributed by atoms with Gasteiger partial charge >= 0.3 is 0 Å². The Bertz CT molecular complexity index is 798. The van der Waals surface area contributed by atoms with Gasteiger partial charge in [0.15, 0.2) is 11.5 Å². The number of rotatable bonds is 7. The summed E-state index contributed by atoms with van der Waals surface area (Å²) in [5.74, 6) is 0.824. The molecule has 6 heteroatoms. The molecule has 0 radical (unpaired) electrons. The van der Waals surface area contributed by atoms with Gasteiger partial charge in [-0.15, -0.1) is 0 Å². The van der Waals surface area contributed by atoms with Crippen molar-refractivity contribution >= 4 is 23.6 Å². The molecule has 0 aromatic heterocycles. The monoisotopic (exact) mass is 354 g/mol. The molecule has 0 fully saturated rings. The molecule has 0 spiro atoms. The number of hydrogen-bond acceptors (Lipinski definition) is 4. The highest BCUT2D eigenvalue weighted by Gasteiger charge is 2.05. The third-order valence-corrected chi connectivity index (χ3v) is 3.56. The van der Waals surface area contributed by atoms with Crippen LogP contribution in [0.1, 0.15) is 22.8 Å². The van der Waals surface area contributed by atoms with Crippen LogP contribution in [0, 0.1) is 0 Å². The van der Waals surface area contributed by atoms with Crippen LogP contribution in [0.4, 0.5) is 5.69 Å². The number of methoxy groups -OCH3 is 1. The molecule has 0 bridgehead atoms. The largest absolute Gasteiger partial charge is 0.493 e. The third kappa shape index (κ3) is 5.11. The highest BCUT2D eigenvalue weighted by molar-refractivity contribution is 6.02. The molecule has 2 N–H and O–H groups in total. The lowest BCUT2D eigenvalue weighted by molar-refractivity contribution is -0.111. The second-order valence-corrected chi connectivity index (χ2v) is 5.32. The fourth-order valence-corrected chi connectivity index (χ4v) is 2.27. The van der Waals surface area contributed by atoms with Crippen molar-refractivity contribution in [1.29, 1.82) is 0 Å². The first kappa shape index (κ1) is 19.1. The molecule has 0 saturated carbocycles. The van der Waals surface area contributed by atoms with Gasteiger partial charge < -0.3 is 20.1 Å². The maximum Gasteiger partial charge on any atom is 0.251 e. The van der Waals surface area contributed by atoms with E-state index in [1.54, 1.807) is 56.6 Å². The van der Waals surface area contributed by atoms with Crippen LogP contribution in [0.15, 0.2) is 48.5 Å². The lowest BCUT2D eigenvalue weighted by Gasteiger charge is -2.09. The maximum absolute atomic E-state index is 12.1. The normalized spacial score (nSPS) is 10.4. The fourth-order valence-electron chi connectivity index (χ4n) is 2.27. The van der Waals surface area contributed by atoms with Crippen LogP contribution in [-0.2, 0) is 4.79 Å². The fraction of sp³-hybridized carbons (Fsp3) is 0.200. The molecule has 2 amide bonds. The quantitative estimate of drug-likeness (QED) is 0.749. The Balaban J connectivity index is 2.02. The summed E-state index contributed by atoms with van der Waals surface area (Å²) in [7, 11) is 3.14. The molecule has 0 unspecified atom stereocenters. The van der Waals surface area contributed by atoms with Gasteiger partial charge in [0, 0.05) is 24.4 Å². The zero-order valence-corrected chi connectivity index (χ0v) is 15.0. The SMILES string of the molecule is CCOc1ccc(/C=C/C(=O)Nc2ccc(C(=O)NC)cc2)cc1OC. The number of nitrogens with one attached hydrogen (secondary N) is 2. The molecule has 2 rings (SSSR count). The van der Waals surface area contributed by atoms with Crippen molar-refractivity contribution in [3.05, 3.63) is 59.7 Å².